The molecule has 2 aromatic carbocycles. The third-order valence-corrected chi connectivity index (χ3v) is 6.58. The van der Waals surface area contributed by atoms with Gasteiger partial charge in [0.15, 0.2) is 0 Å². The molecule has 3 heteroatoms. The fourth-order valence-corrected chi connectivity index (χ4v) is 4.85. The number of anilines is 1. The number of nitrogens with one attached hydrogen (secondary N) is 1. The second-order valence-electron chi connectivity index (χ2n) is 8.16. The van der Waals surface area contributed by atoms with Gasteiger partial charge in [0, 0.05) is 23.8 Å². The number of aromatic nitrogens is 1. The van der Waals surface area contributed by atoms with Crippen molar-refractivity contribution in [1.29, 1.82) is 0 Å². The van der Waals surface area contributed by atoms with Crippen molar-refractivity contribution in [2.24, 2.45) is 5.92 Å². The molecule has 3 saturated heterocycles. The lowest BCUT2D eigenvalue weighted by atomic mass is 9.79. The van der Waals surface area contributed by atoms with Crippen molar-refractivity contribution in [3.8, 4) is 22.3 Å². The fraction of sp³-hybridized carbons (Fsp3) is 0.320. The van der Waals surface area contributed by atoms with Crippen LogP contribution in [0.5, 0.6) is 0 Å². The number of fused-ring (bicyclic) bond motifs is 3. The van der Waals surface area contributed by atoms with Crippen molar-refractivity contribution in [1.82, 2.24) is 9.88 Å². The maximum absolute atomic E-state index is 4.72. The standard InChI is InChI=1S/C25H27N3/c1-18-25(22-13-15-28(18)16-14-22)27-24-12-11-23(17-26-24)21-9-7-20(8-10-21)19-5-3-2-4-6-19/h2-12,17-18,22,25H,13-16H2,1H3,(H,26,27)/t18-,25+/m1/s1. The van der Waals surface area contributed by atoms with Crippen molar-refractivity contribution >= 4 is 5.82 Å². The van der Waals surface area contributed by atoms with Crippen LogP contribution in [0.25, 0.3) is 22.3 Å². The van der Waals surface area contributed by atoms with Gasteiger partial charge in [0.05, 0.1) is 0 Å². The predicted molar refractivity (Wildman–Crippen MR) is 116 cm³/mol. The highest BCUT2D eigenvalue weighted by molar-refractivity contribution is 5.70. The van der Waals surface area contributed by atoms with Crippen LogP contribution in [0.1, 0.15) is 19.8 Å². The number of pyridine rings is 1. The molecule has 0 spiro atoms. The maximum atomic E-state index is 4.72. The van der Waals surface area contributed by atoms with E-state index in [4.69, 9.17) is 4.98 Å². The molecule has 3 fully saturated rings. The lowest BCUT2D eigenvalue weighted by Crippen LogP contribution is -2.59. The molecule has 3 aliphatic rings. The first-order valence-electron chi connectivity index (χ1n) is 10.4. The molecule has 0 saturated carbocycles. The van der Waals surface area contributed by atoms with E-state index in [0.717, 1.165) is 17.3 Å². The van der Waals surface area contributed by atoms with Crippen LogP contribution in [0.15, 0.2) is 72.9 Å². The summed E-state index contributed by atoms with van der Waals surface area (Å²) in [4.78, 5) is 7.33. The number of nitrogens with zero attached hydrogens (tertiary/aromatic N) is 2. The zero-order valence-electron chi connectivity index (χ0n) is 16.4. The molecule has 0 unspecified atom stereocenters. The number of hydrogen-bond acceptors (Lipinski definition) is 3. The highest BCUT2D eigenvalue weighted by Crippen LogP contribution is 2.34. The van der Waals surface area contributed by atoms with Gasteiger partial charge in [-0.25, -0.2) is 4.98 Å². The van der Waals surface area contributed by atoms with Crippen molar-refractivity contribution in [2.75, 3.05) is 18.4 Å². The van der Waals surface area contributed by atoms with Gasteiger partial charge in [-0.05, 0) is 67.6 Å². The molecule has 3 nitrogen and oxygen atoms in total. The summed E-state index contributed by atoms with van der Waals surface area (Å²) in [6.45, 7) is 4.87. The molecule has 0 amide bonds. The van der Waals surface area contributed by atoms with Crippen molar-refractivity contribution in [3.05, 3.63) is 72.9 Å². The van der Waals surface area contributed by atoms with Crippen molar-refractivity contribution in [2.45, 2.75) is 31.8 Å². The summed E-state index contributed by atoms with van der Waals surface area (Å²) < 4.78 is 0. The van der Waals surface area contributed by atoms with Gasteiger partial charge in [-0.3, -0.25) is 4.90 Å². The monoisotopic (exact) mass is 369 g/mol. The highest BCUT2D eigenvalue weighted by atomic mass is 15.2. The Morgan fingerprint density at radius 1 is 0.786 bits per heavy atom. The summed E-state index contributed by atoms with van der Waals surface area (Å²) in [5, 5.41) is 3.72. The molecule has 6 rings (SSSR count). The van der Waals surface area contributed by atoms with E-state index in [1.54, 1.807) is 0 Å². The van der Waals surface area contributed by atoms with E-state index in [0.29, 0.717) is 12.1 Å². The van der Waals surface area contributed by atoms with Gasteiger partial charge in [0.2, 0.25) is 0 Å². The van der Waals surface area contributed by atoms with Gasteiger partial charge >= 0.3 is 0 Å². The third-order valence-electron chi connectivity index (χ3n) is 6.58. The quantitative estimate of drug-likeness (QED) is 0.675. The van der Waals surface area contributed by atoms with E-state index in [9.17, 15) is 0 Å². The van der Waals surface area contributed by atoms with Gasteiger partial charge in [0.25, 0.3) is 0 Å². The van der Waals surface area contributed by atoms with Crippen molar-refractivity contribution < 1.29 is 0 Å². The number of rotatable bonds is 4. The minimum atomic E-state index is 0.519. The molecule has 1 N–H and O–H groups in total. The Balaban J connectivity index is 1.30. The van der Waals surface area contributed by atoms with Gasteiger partial charge in [-0.2, -0.15) is 0 Å². The van der Waals surface area contributed by atoms with Gasteiger partial charge in [0.1, 0.15) is 5.82 Å². The van der Waals surface area contributed by atoms with Crippen LogP contribution >= 0.6 is 0 Å². The van der Waals surface area contributed by atoms with E-state index >= 15 is 0 Å². The normalized spacial score (nSPS) is 26.2. The molecule has 0 radical (unpaired) electrons. The minimum Gasteiger partial charge on any atom is -0.365 e. The number of benzene rings is 2. The Kier molecular flexibility index (Phi) is 4.61. The summed E-state index contributed by atoms with van der Waals surface area (Å²) in [7, 11) is 0. The summed E-state index contributed by atoms with van der Waals surface area (Å²) in [6, 6.07) is 24.7. The van der Waals surface area contributed by atoms with E-state index in [1.807, 2.05) is 6.20 Å². The van der Waals surface area contributed by atoms with Crippen LogP contribution in [0, 0.1) is 5.92 Å². The summed E-state index contributed by atoms with van der Waals surface area (Å²) in [5.74, 6) is 1.78. The lowest BCUT2D eigenvalue weighted by molar-refractivity contribution is 0.0457. The Hall–Kier alpha value is -2.65. The van der Waals surface area contributed by atoms with Crippen molar-refractivity contribution in [3.63, 3.8) is 0 Å². The number of piperidine rings is 3. The minimum absolute atomic E-state index is 0.519. The zero-order chi connectivity index (χ0) is 18.9. The summed E-state index contributed by atoms with van der Waals surface area (Å²) in [6.07, 6.45) is 4.62. The zero-order valence-corrected chi connectivity index (χ0v) is 16.4. The average Bonchev–Trinajstić information content (AvgIpc) is 2.78. The Bertz CT molecular complexity index is 908. The van der Waals surface area contributed by atoms with Crippen LogP contribution in [-0.2, 0) is 0 Å². The maximum Gasteiger partial charge on any atom is 0.126 e. The lowest BCUT2D eigenvalue weighted by Gasteiger charge is -2.50. The molecule has 142 valence electrons. The molecule has 3 aromatic rings. The number of hydrogen-bond donors (Lipinski definition) is 1. The average molecular weight is 370 g/mol. The van der Waals surface area contributed by atoms with E-state index in [-0.39, 0.29) is 0 Å². The summed E-state index contributed by atoms with van der Waals surface area (Å²) in [5.41, 5.74) is 4.85. The second-order valence-corrected chi connectivity index (χ2v) is 8.16. The largest absolute Gasteiger partial charge is 0.365 e. The molecule has 28 heavy (non-hydrogen) atoms. The summed E-state index contributed by atoms with van der Waals surface area (Å²) >= 11 is 0. The fourth-order valence-electron chi connectivity index (χ4n) is 4.85. The predicted octanol–water partition coefficient (Wildman–Crippen LogP) is 5.31. The first-order valence-corrected chi connectivity index (χ1v) is 10.4. The van der Waals surface area contributed by atoms with Gasteiger partial charge < -0.3 is 5.32 Å². The van der Waals surface area contributed by atoms with E-state index < -0.39 is 0 Å². The Morgan fingerprint density at radius 3 is 2.00 bits per heavy atom. The smallest absolute Gasteiger partial charge is 0.126 e. The highest BCUT2D eigenvalue weighted by Gasteiger charge is 2.39. The molecular formula is C25H27N3. The molecule has 4 heterocycles. The molecule has 2 atom stereocenters. The molecule has 0 aliphatic carbocycles. The molecular weight excluding hydrogens is 342 g/mol. The van der Waals surface area contributed by atoms with Gasteiger partial charge in [-0.15, -0.1) is 0 Å². The topological polar surface area (TPSA) is 28.2 Å². The van der Waals surface area contributed by atoms with Crippen LogP contribution in [0.3, 0.4) is 0 Å². The first-order chi connectivity index (χ1) is 13.8. The Labute approximate surface area is 167 Å². The van der Waals surface area contributed by atoms with E-state index in [1.165, 1.54) is 42.6 Å². The molecule has 3 aliphatic heterocycles. The molecule has 1 aromatic heterocycles. The third kappa shape index (κ3) is 3.31. The molecule has 2 bridgehead atoms. The van der Waals surface area contributed by atoms with Crippen LogP contribution in [0.2, 0.25) is 0 Å². The first kappa shape index (κ1) is 17.4. The second kappa shape index (κ2) is 7.40. The van der Waals surface area contributed by atoms with Gasteiger partial charge in [-0.1, -0.05) is 54.6 Å². The SMILES string of the molecule is C[C@@H]1[C@H](Nc2ccc(-c3ccc(-c4ccccc4)cc3)cn2)C2CCN1CC2. The van der Waals surface area contributed by atoms with E-state index in [2.05, 4.69) is 83.9 Å². The van der Waals surface area contributed by atoms with Crippen LogP contribution in [0.4, 0.5) is 5.82 Å². The van der Waals surface area contributed by atoms with Crippen LogP contribution < -0.4 is 5.32 Å². The Morgan fingerprint density at radius 2 is 1.39 bits per heavy atom. The van der Waals surface area contributed by atoms with Crippen LogP contribution in [-0.4, -0.2) is 35.1 Å².